The smallest absolute Gasteiger partial charge is 0.316 e. The van der Waals surface area contributed by atoms with Crippen LogP contribution in [0.5, 0.6) is 11.8 Å². The Morgan fingerprint density at radius 1 is 1.12 bits per heavy atom. The minimum absolute atomic E-state index is 0.166. The molecule has 1 unspecified atom stereocenters. The molecule has 3 aliphatic rings. The molecule has 6 heterocycles. The van der Waals surface area contributed by atoms with Crippen LogP contribution in [0, 0.1) is 23.2 Å². The number of nitriles is 1. The van der Waals surface area contributed by atoms with Crippen LogP contribution in [-0.4, -0.2) is 50.4 Å². The number of anilines is 1. The van der Waals surface area contributed by atoms with Crippen molar-refractivity contribution in [2.75, 3.05) is 24.6 Å². The summed E-state index contributed by atoms with van der Waals surface area (Å²) in [5.41, 5.74) is 3.06. The van der Waals surface area contributed by atoms with E-state index in [9.17, 15) is 5.26 Å². The van der Waals surface area contributed by atoms with Crippen molar-refractivity contribution < 1.29 is 9.47 Å². The lowest BCUT2D eigenvalue weighted by atomic mass is 9.68. The number of piperidine rings is 2. The molecular formula is C25H23N7O2. The summed E-state index contributed by atoms with van der Waals surface area (Å²) in [4.78, 5) is 15.5. The van der Waals surface area contributed by atoms with E-state index in [-0.39, 0.29) is 6.10 Å². The highest BCUT2D eigenvalue weighted by Crippen LogP contribution is 2.43. The van der Waals surface area contributed by atoms with Gasteiger partial charge in [0.15, 0.2) is 0 Å². The summed E-state index contributed by atoms with van der Waals surface area (Å²) in [6.07, 6.45) is 9.97. The van der Waals surface area contributed by atoms with Crippen molar-refractivity contribution in [1.29, 1.82) is 5.26 Å². The molecule has 4 aromatic rings. The van der Waals surface area contributed by atoms with E-state index in [2.05, 4.69) is 26.0 Å². The summed E-state index contributed by atoms with van der Waals surface area (Å²) in [5, 5.41) is 13.9. The lowest BCUT2D eigenvalue weighted by Gasteiger charge is -2.52. The number of hydrogen-bond acceptors (Lipinski definition) is 8. The fraction of sp³-hybridized carbons (Fsp3) is 0.320. The van der Waals surface area contributed by atoms with Gasteiger partial charge in [-0.25, -0.2) is 19.5 Å². The summed E-state index contributed by atoms with van der Waals surface area (Å²) in [5.74, 6) is 2.53. The minimum Gasteiger partial charge on any atom is -0.492 e. The first-order chi connectivity index (χ1) is 16.7. The van der Waals surface area contributed by atoms with Crippen molar-refractivity contribution in [2.24, 2.45) is 11.8 Å². The summed E-state index contributed by atoms with van der Waals surface area (Å²) in [6.45, 7) is 4.28. The molecule has 1 saturated carbocycles. The molecule has 4 aromatic heterocycles. The summed E-state index contributed by atoms with van der Waals surface area (Å²) in [7, 11) is 0. The highest BCUT2D eigenvalue weighted by molar-refractivity contribution is 5.85. The van der Waals surface area contributed by atoms with E-state index in [0.29, 0.717) is 35.8 Å². The molecule has 2 bridgehead atoms. The van der Waals surface area contributed by atoms with Crippen LogP contribution in [-0.2, 0) is 0 Å². The van der Waals surface area contributed by atoms with Crippen molar-refractivity contribution in [3.05, 3.63) is 60.8 Å². The van der Waals surface area contributed by atoms with E-state index in [0.717, 1.165) is 42.0 Å². The number of ether oxygens (including phenoxy) is 2. The zero-order valence-electron chi connectivity index (χ0n) is 18.7. The topological polar surface area (TPSA) is 101 Å². The van der Waals surface area contributed by atoms with Crippen LogP contribution < -0.4 is 14.4 Å². The molecule has 2 aliphatic heterocycles. The summed E-state index contributed by atoms with van der Waals surface area (Å²) < 4.78 is 13.5. The zero-order valence-corrected chi connectivity index (χ0v) is 18.7. The fourth-order valence-electron chi connectivity index (χ4n) is 5.07. The van der Waals surface area contributed by atoms with Crippen molar-refractivity contribution in [3.63, 3.8) is 0 Å². The van der Waals surface area contributed by atoms with Gasteiger partial charge in [-0.1, -0.05) is 0 Å². The van der Waals surface area contributed by atoms with Gasteiger partial charge >= 0.3 is 6.01 Å². The average Bonchev–Trinajstić information content (AvgIpc) is 3.31. The van der Waals surface area contributed by atoms with Gasteiger partial charge in [0.25, 0.3) is 0 Å². The SMILES string of the molecule is CCOc1cc(-c2ccc(N3CC4C[C@H](C3)[C@@H]4Oc3ncccn3)nc2)c2c(C#N)cnn2c1. The van der Waals surface area contributed by atoms with Gasteiger partial charge < -0.3 is 14.4 Å². The first kappa shape index (κ1) is 20.4. The number of rotatable bonds is 6. The summed E-state index contributed by atoms with van der Waals surface area (Å²) >= 11 is 0. The van der Waals surface area contributed by atoms with E-state index in [1.54, 1.807) is 35.4 Å². The molecule has 9 heteroatoms. The lowest BCUT2D eigenvalue weighted by Crippen LogP contribution is -2.60. The Morgan fingerprint density at radius 3 is 2.65 bits per heavy atom. The molecule has 9 nitrogen and oxygen atoms in total. The molecular weight excluding hydrogens is 430 g/mol. The predicted molar refractivity (Wildman–Crippen MR) is 125 cm³/mol. The highest BCUT2D eigenvalue weighted by atomic mass is 16.5. The van der Waals surface area contributed by atoms with Gasteiger partial charge in [-0.2, -0.15) is 10.4 Å². The Labute approximate surface area is 196 Å². The van der Waals surface area contributed by atoms with Crippen LogP contribution in [0.1, 0.15) is 18.9 Å². The predicted octanol–water partition coefficient (Wildman–Crippen LogP) is 3.36. The highest BCUT2D eigenvalue weighted by Gasteiger charge is 2.49. The Kier molecular flexibility index (Phi) is 4.99. The second-order valence-corrected chi connectivity index (χ2v) is 8.67. The lowest BCUT2D eigenvalue weighted by molar-refractivity contribution is -0.0396. The third kappa shape index (κ3) is 3.48. The molecule has 3 fully saturated rings. The number of hydrogen-bond donors (Lipinski definition) is 0. The first-order valence-electron chi connectivity index (χ1n) is 11.4. The molecule has 0 amide bonds. The van der Waals surface area contributed by atoms with Gasteiger partial charge in [0.2, 0.25) is 0 Å². The van der Waals surface area contributed by atoms with Crippen molar-refractivity contribution in [2.45, 2.75) is 19.4 Å². The quantitative estimate of drug-likeness (QED) is 0.438. The average molecular weight is 454 g/mol. The van der Waals surface area contributed by atoms with Crippen LogP contribution in [0.2, 0.25) is 0 Å². The largest absolute Gasteiger partial charge is 0.492 e. The van der Waals surface area contributed by atoms with E-state index in [4.69, 9.17) is 14.5 Å². The van der Waals surface area contributed by atoms with Crippen LogP contribution in [0.25, 0.3) is 16.6 Å². The Morgan fingerprint density at radius 2 is 1.94 bits per heavy atom. The molecule has 0 radical (unpaired) electrons. The second kappa shape index (κ2) is 8.30. The number of aromatic nitrogens is 5. The van der Waals surface area contributed by atoms with Crippen LogP contribution in [0.4, 0.5) is 5.82 Å². The van der Waals surface area contributed by atoms with Crippen molar-refractivity contribution in [3.8, 4) is 29.0 Å². The number of fused-ring (bicyclic) bond motifs is 3. The van der Waals surface area contributed by atoms with Crippen LogP contribution in [0.3, 0.4) is 0 Å². The first-order valence-corrected chi connectivity index (χ1v) is 11.4. The Balaban J connectivity index is 1.23. The summed E-state index contributed by atoms with van der Waals surface area (Å²) in [6, 6.07) is 10.5. The molecule has 34 heavy (non-hydrogen) atoms. The third-order valence-corrected chi connectivity index (χ3v) is 6.63. The number of nitrogens with zero attached hydrogens (tertiary/aromatic N) is 7. The van der Waals surface area contributed by atoms with Gasteiger partial charge in [-0.3, -0.25) is 0 Å². The van der Waals surface area contributed by atoms with Gasteiger partial charge in [-0.05, 0) is 37.6 Å². The van der Waals surface area contributed by atoms with E-state index in [1.807, 2.05) is 31.3 Å². The molecule has 7 rings (SSSR count). The minimum atomic E-state index is 0.166. The zero-order chi connectivity index (χ0) is 23.1. The normalized spacial score (nSPS) is 21.1. The molecule has 0 spiro atoms. The standard InChI is InChI=1S/C25H23N7O2/c1-2-33-20-9-21(23-19(10-26)12-30-32(23)15-20)16-4-5-22(29-11-16)31-13-17-8-18(14-31)24(17)34-25-27-6-3-7-28-25/h3-7,9,11-12,15,17-18,24H,2,8,13-14H2,1H3/t17-,18?,24+/m1/s1. The molecule has 1 aliphatic carbocycles. The van der Waals surface area contributed by atoms with Gasteiger partial charge in [-0.15, -0.1) is 0 Å². The maximum Gasteiger partial charge on any atom is 0.316 e. The molecule has 0 aromatic carbocycles. The van der Waals surface area contributed by atoms with Crippen LogP contribution >= 0.6 is 0 Å². The second-order valence-electron chi connectivity index (χ2n) is 8.67. The molecule has 0 N–H and O–H groups in total. The fourth-order valence-corrected chi connectivity index (χ4v) is 5.07. The van der Waals surface area contributed by atoms with Gasteiger partial charge in [0.1, 0.15) is 23.7 Å². The third-order valence-electron chi connectivity index (χ3n) is 6.63. The molecule has 170 valence electrons. The Bertz CT molecular complexity index is 1350. The molecule has 3 atom stereocenters. The van der Waals surface area contributed by atoms with Crippen molar-refractivity contribution >= 4 is 11.3 Å². The monoisotopic (exact) mass is 453 g/mol. The number of pyridine rings is 2. The van der Waals surface area contributed by atoms with Gasteiger partial charge in [0, 0.05) is 54.6 Å². The maximum atomic E-state index is 9.55. The Hall–Kier alpha value is -4.19. The van der Waals surface area contributed by atoms with E-state index < -0.39 is 0 Å². The van der Waals surface area contributed by atoms with Crippen LogP contribution in [0.15, 0.2) is 55.2 Å². The van der Waals surface area contributed by atoms with Gasteiger partial charge in [0.05, 0.1) is 30.1 Å². The van der Waals surface area contributed by atoms with E-state index >= 15 is 0 Å². The molecule has 2 saturated heterocycles. The maximum absolute atomic E-state index is 9.55. The van der Waals surface area contributed by atoms with E-state index in [1.165, 1.54) is 0 Å². The van der Waals surface area contributed by atoms with Crippen molar-refractivity contribution in [1.82, 2.24) is 24.6 Å².